The molecular formula is C16H17BrClNO. The van der Waals surface area contributed by atoms with Crippen LogP contribution in [-0.4, -0.2) is 7.05 Å². The maximum Gasteiger partial charge on any atom is 0.146 e. The molecule has 0 saturated carbocycles. The summed E-state index contributed by atoms with van der Waals surface area (Å²) in [4.78, 5) is 0. The fraction of sp³-hybridized carbons (Fsp3) is 0.250. The van der Waals surface area contributed by atoms with Crippen molar-refractivity contribution in [1.82, 2.24) is 5.32 Å². The van der Waals surface area contributed by atoms with Gasteiger partial charge in [0.1, 0.15) is 11.5 Å². The average molecular weight is 355 g/mol. The number of halogens is 2. The van der Waals surface area contributed by atoms with Crippen LogP contribution in [0.15, 0.2) is 40.9 Å². The monoisotopic (exact) mass is 353 g/mol. The van der Waals surface area contributed by atoms with Crippen molar-refractivity contribution in [1.29, 1.82) is 0 Å². The largest absolute Gasteiger partial charge is 0.456 e. The molecular weight excluding hydrogens is 338 g/mol. The van der Waals surface area contributed by atoms with Crippen LogP contribution in [0, 0.1) is 6.92 Å². The maximum absolute atomic E-state index is 6.18. The zero-order valence-electron chi connectivity index (χ0n) is 11.7. The third kappa shape index (κ3) is 3.54. The second-order valence-corrected chi connectivity index (χ2v) is 5.99. The standard InChI is InChI=1S/C16H17BrClNO/c1-10-4-7-16(15(18)8-10)20-12-5-6-13(11(2)19-3)14(17)9-12/h4-9,11,19H,1-3H3. The van der Waals surface area contributed by atoms with Crippen LogP contribution in [0.2, 0.25) is 5.02 Å². The number of hydrogen-bond donors (Lipinski definition) is 1. The molecule has 0 saturated heterocycles. The van der Waals surface area contributed by atoms with Gasteiger partial charge in [0.2, 0.25) is 0 Å². The molecule has 0 aromatic heterocycles. The zero-order valence-corrected chi connectivity index (χ0v) is 14.0. The molecule has 4 heteroatoms. The topological polar surface area (TPSA) is 21.3 Å². The highest BCUT2D eigenvalue weighted by Gasteiger charge is 2.09. The van der Waals surface area contributed by atoms with Gasteiger partial charge in [0, 0.05) is 10.5 Å². The van der Waals surface area contributed by atoms with Gasteiger partial charge in [-0.2, -0.15) is 0 Å². The van der Waals surface area contributed by atoms with Gasteiger partial charge in [0.25, 0.3) is 0 Å². The third-order valence-corrected chi connectivity index (χ3v) is 4.17. The van der Waals surface area contributed by atoms with Crippen LogP contribution in [0.1, 0.15) is 24.1 Å². The lowest BCUT2D eigenvalue weighted by Gasteiger charge is -2.14. The van der Waals surface area contributed by atoms with Crippen molar-refractivity contribution < 1.29 is 4.74 Å². The molecule has 2 aromatic carbocycles. The van der Waals surface area contributed by atoms with E-state index in [9.17, 15) is 0 Å². The number of ether oxygens (including phenoxy) is 1. The summed E-state index contributed by atoms with van der Waals surface area (Å²) in [6, 6.07) is 12.0. The molecule has 1 N–H and O–H groups in total. The van der Waals surface area contributed by atoms with Crippen LogP contribution in [0.25, 0.3) is 0 Å². The Kier molecular flexibility index (Phi) is 5.08. The Morgan fingerprint density at radius 3 is 2.55 bits per heavy atom. The summed E-state index contributed by atoms with van der Waals surface area (Å²) in [5.41, 5.74) is 2.30. The van der Waals surface area contributed by atoms with E-state index in [-0.39, 0.29) is 6.04 Å². The molecule has 2 aromatic rings. The lowest BCUT2D eigenvalue weighted by molar-refractivity contribution is 0.481. The van der Waals surface area contributed by atoms with Gasteiger partial charge in [0.15, 0.2) is 0 Å². The minimum absolute atomic E-state index is 0.279. The summed E-state index contributed by atoms with van der Waals surface area (Å²) in [6.45, 7) is 4.11. The van der Waals surface area contributed by atoms with E-state index in [1.165, 1.54) is 5.56 Å². The summed E-state index contributed by atoms with van der Waals surface area (Å²) in [6.07, 6.45) is 0. The lowest BCUT2D eigenvalue weighted by Crippen LogP contribution is -2.12. The summed E-state index contributed by atoms with van der Waals surface area (Å²) >= 11 is 9.76. The Bertz CT molecular complexity index is 615. The van der Waals surface area contributed by atoms with E-state index in [1.807, 2.05) is 50.4 Å². The highest BCUT2D eigenvalue weighted by Crippen LogP contribution is 2.33. The first-order chi connectivity index (χ1) is 9.51. The van der Waals surface area contributed by atoms with Crippen molar-refractivity contribution in [2.75, 3.05) is 7.05 Å². The fourth-order valence-electron chi connectivity index (χ4n) is 1.89. The number of aryl methyl sites for hydroxylation is 1. The third-order valence-electron chi connectivity index (χ3n) is 3.19. The smallest absolute Gasteiger partial charge is 0.146 e. The molecule has 0 fully saturated rings. The highest BCUT2D eigenvalue weighted by atomic mass is 79.9. The quantitative estimate of drug-likeness (QED) is 0.784. The van der Waals surface area contributed by atoms with Gasteiger partial charge >= 0.3 is 0 Å². The second-order valence-electron chi connectivity index (χ2n) is 4.73. The first-order valence-corrected chi connectivity index (χ1v) is 7.59. The summed E-state index contributed by atoms with van der Waals surface area (Å²) in [7, 11) is 1.94. The molecule has 2 nitrogen and oxygen atoms in total. The average Bonchev–Trinajstić information content (AvgIpc) is 2.41. The van der Waals surface area contributed by atoms with Crippen LogP contribution >= 0.6 is 27.5 Å². The highest BCUT2D eigenvalue weighted by molar-refractivity contribution is 9.10. The minimum Gasteiger partial charge on any atom is -0.456 e. The van der Waals surface area contributed by atoms with E-state index in [2.05, 4.69) is 28.2 Å². The van der Waals surface area contributed by atoms with Gasteiger partial charge < -0.3 is 10.1 Å². The molecule has 0 aliphatic rings. The predicted molar refractivity (Wildman–Crippen MR) is 87.9 cm³/mol. The normalized spacial score (nSPS) is 12.2. The predicted octanol–water partition coefficient (Wildman–Crippen LogP) is 5.48. The number of hydrogen-bond acceptors (Lipinski definition) is 2. The molecule has 2 rings (SSSR count). The molecule has 1 unspecified atom stereocenters. The Balaban J connectivity index is 2.24. The molecule has 0 amide bonds. The Morgan fingerprint density at radius 1 is 1.20 bits per heavy atom. The van der Waals surface area contributed by atoms with Crippen molar-refractivity contribution in [3.05, 3.63) is 57.0 Å². The SMILES string of the molecule is CNC(C)c1ccc(Oc2ccc(C)cc2Cl)cc1Br. The summed E-state index contributed by atoms with van der Waals surface area (Å²) < 4.78 is 6.84. The molecule has 0 bridgehead atoms. The van der Waals surface area contributed by atoms with E-state index < -0.39 is 0 Å². The molecule has 0 spiro atoms. The minimum atomic E-state index is 0.279. The van der Waals surface area contributed by atoms with Gasteiger partial charge in [-0.15, -0.1) is 0 Å². The number of benzene rings is 2. The Labute approximate surface area is 133 Å². The molecule has 20 heavy (non-hydrogen) atoms. The van der Waals surface area contributed by atoms with Crippen molar-refractivity contribution in [2.45, 2.75) is 19.9 Å². The Hall–Kier alpha value is -1.03. The van der Waals surface area contributed by atoms with Gasteiger partial charge in [-0.3, -0.25) is 0 Å². The van der Waals surface area contributed by atoms with Crippen LogP contribution in [0.4, 0.5) is 0 Å². The van der Waals surface area contributed by atoms with E-state index in [1.54, 1.807) is 0 Å². The van der Waals surface area contributed by atoms with Gasteiger partial charge in [-0.1, -0.05) is 39.7 Å². The van der Waals surface area contributed by atoms with E-state index in [4.69, 9.17) is 16.3 Å². The molecule has 0 aliphatic carbocycles. The van der Waals surface area contributed by atoms with Gasteiger partial charge in [0.05, 0.1) is 5.02 Å². The van der Waals surface area contributed by atoms with Crippen LogP contribution in [0.5, 0.6) is 11.5 Å². The fourth-order valence-corrected chi connectivity index (χ4v) is 2.87. The number of nitrogens with one attached hydrogen (secondary N) is 1. The summed E-state index contributed by atoms with van der Waals surface area (Å²) in [5.74, 6) is 1.42. The molecule has 0 heterocycles. The molecule has 0 radical (unpaired) electrons. The van der Waals surface area contributed by atoms with Crippen LogP contribution in [-0.2, 0) is 0 Å². The van der Waals surface area contributed by atoms with Crippen LogP contribution in [0.3, 0.4) is 0 Å². The Morgan fingerprint density at radius 2 is 1.95 bits per heavy atom. The lowest BCUT2D eigenvalue weighted by atomic mass is 10.1. The molecule has 106 valence electrons. The van der Waals surface area contributed by atoms with Crippen LogP contribution < -0.4 is 10.1 Å². The summed E-state index contributed by atoms with van der Waals surface area (Å²) in [5, 5.41) is 3.83. The van der Waals surface area contributed by atoms with Gasteiger partial charge in [-0.25, -0.2) is 0 Å². The maximum atomic E-state index is 6.18. The number of rotatable bonds is 4. The van der Waals surface area contributed by atoms with Crippen molar-refractivity contribution in [3.8, 4) is 11.5 Å². The molecule has 0 aliphatic heterocycles. The first-order valence-electron chi connectivity index (χ1n) is 6.42. The van der Waals surface area contributed by atoms with Crippen molar-refractivity contribution in [2.24, 2.45) is 0 Å². The first kappa shape index (κ1) is 15.4. The van der Waals surface area contributed by atoms with E-state index in [0.717, 1.165) is 15.8 Å². The zero-order chi connectivity index (χ0) is 14.7. The van der Waals surface area contributed by atoms with E-state index >= 15 is 0 Å². The molecule has 1 atom stereocenters. The second kappa shape index (κ2) is 6.61. The van der Waals surface area contributed by atoms with Gasteiger partial charge in [-0.05, 0) is 56.3 Å². The van der Waals surface area contributed by atoms with E-state index in [0.29, 0.717) is 10.8 Å². The van der Waals surface area contributed by atoms with Crippen molar-refractivity contribution >= 4 is 27.5 Å². The van der Waals surface area contributed by atoms with Crippen molar-refractivity contribution in [3.63, 3.8) is 0 Å².